The lowest BCUT2D eigenvalue weighted by molar-refractivity contribution is -0.201. The molecule has 0 aliphatic rings. The monoisotopic (exact) mass is 183 g/mol. The SMILES string of the molecule is FC(F)=C(N(F)F)C(F)(F)F. The van der Waals surface area contributed by atoms with E-state index in [9.17, 15) is 30.9 Å². The van der Waals surface area contributed by atoms with Crippen LogP contribution in [0.15, 0.2) is 11.8 Å². The fourth-order valence-electron chi connectivity index (χ4n) is 0.267. The van der Waals surface area contributed by atoms with Gasteiger partial charge in [-0.05, 0) is 5.34 Å². The molecular weight excluding hydrogens is 183 g/mol. The Morgan fingerprint density at radius 3 is 1.36 bits per heavy atom. The van der Waals surface area contributed by atoms with Crippen molar-refractivity contribution in [3.63, 3.8) is 0 Å². The van der Waals surface area contributed by atoms with Crippen molar-refractivity contribution in [3.8, 4) is 0 Å². The Balaban J connectivity index is 4.80. The molecule has 0 N–H and O–H groups in total. The Morgan fingerprint density at radius 1 is 1.00 bits per heavy atom. The summed E-state index contributed by atoms with van der Waals surface area (Å²) in [6, 6.07) is 0. The maximum atomic E-state index is 11.2. The van der Waals surface area contributed by atoms with Crippen molar-refractivity contribution in [1.29, 1.82) is 0 Å². The van der Waals surface area contributed by atoms with Gasteiger partial charge in [0.15, 0.2) is 0 Å². The average molecular weight is 183 g/mol. The largest absolute Gasteiger partial charge is 0.442 e. The highest BCUT2D eigenvalue weighted by molar-refractivity contribution is 5.04. The number of nitrogens with zero attached hydrogens (tertiary/aromatic N) is 1. The molecule has 0 aromatic rings. The van der Waals surface area contributed by atoms with Gasteiger partial charge < -0.3 is 0 Å². The van der Waals surface area contributed by atoms with Crippen molar-refractivity contribution < 1.29 is 30.9 Å². The van der Waals surface area contributed by atoms with Gasteiger partial charge in [0.2, 0.25) is 0 Å². The molecule has 0 aliphatic heterocycles. The van der Waals surface area contributed by atoms with Crippen molar-refractivity contribution in [3.05, 3.63) is 11.8 Å². The number of alkyl halides is 3. The first-order valence-electron chi connectivity index (χ1n) is 2.01. The van der Waals surface area contributed by atoms with Crippen LogP contribution in [-0.2, 0) is 0 Å². The summed E-state index contributed by atoms with van der Waals surface area (Å²) >= 11 is 0. The summed E-state index contributed by atoms with van der Waals surface area (Å²) in [4.78, 5) is 0. The van der Waals surface area contributed by atoms with Crippen LogP contribution in [0.25, 0.3) is 0 Å². The summed E-state index contributed by atoms with van der Waals surface area (Å²) in [7, 11) is 0. The molecular formula is C3F7N. The van der Waals surface area contributed by atoms with Gasteiger partial charge in [-0.15, -0.1) is 0 Å². The van der Waals surface area contributed by atoms with Gasteiger partial charge in [0.05, 0.1) is 0 Å². The first-order chi connectivity index (χ1) is 4.76. The van der Waals surface area contributed by atoms with Crippen LogP contribution in [0.3, 0.4) is 0 Å². The molecule has 0 amide bonds. The van der Waals surface area contributed by atoms with Crippen LogP contribution in [0.4, 0.5) is 30.9 Å². The summed E-state index contributed by atoms with van der Waals surface area (Å²) in [6.45, 7) is 0. The minimum Gasteiger partial charge on any atom is -0.171 e. The zero-order valence-electron chi connectivity index (χ0n) is 4.59. The van der Waals surface area contributed by atoms with Gasteiger partial charge in [0, 0.05) is 0 Å². The van der Waals surface area contributed by atoms with Crippen molar-refractivity contribution in [1.82, 2.24) is 5.34 Å². The van der Waals surface area contributed by atoms with Gasteiger partial charge in [-0.25, -0.2) is 0 Å². The molecule has 0 aromatic carbocycles. The highest BCUT2D eigenvalue weighted by Crippen LogP contribution is 2.32. The topological polar surface area (TPSA) is 3.24 Å². The number of hydrogen-bond acceptors (Lipinski definition) is 1. The molecule has 0 aliphatic carbocycles. The second kappa shape index (κ2) is 2.97. The van der Waals surface area contributed by atoms with Crippen molar-refractivity contribution >= 4 is 0 Å². The highest BCUT2D eigenvalue weighted by atomic mass is 19.4. The lowest BCUT2D eigenvalue weighted by Gasteiger charge is -2.09. The molecule has 0 unspecified atom stereocenters. The number of rotatable bonds is 1. The molecule has 0 radical (unpaired) electrons. The van der Waals surface area contributed by atoms with E-state index in [-0.39, 0.29) is 0 Å². The average Bonchev–Trinajstić information content (AvgIpc) is 1.54. The minimum absolute atomic E-state index is 2.67. The fourth-order valence-corrected chi connectivity index (χ4v) is 0.267. The van der Waals surface area contributed by atoms with E-state index in [1.165, 1.54) is 0 Å². The third kappa shape index (κ3) is 2.64. The third-order valence-corrected chi connectivity index (χ3v) is 0.617. The molecule has 0 aromatic heterocycles. The lowest BCUT2D eigenvalue weighted by atomic mass is 10.5. The van der Waals surface area contributed by atoms with Crippen LogP contribution in [0.1, 0.15) is 0 Å². The predicted octanol–water partition coefficient (Wildman–Crippen LogP) is 2.73. The van der Waals surface area contributed by atoms with Crippen LogP contribution < -0.4 is 0 Å². The summed E-state index contributed by atoms with van der Waals surface area (Å²) < 4.78 is 77.7. The maximum Gasteiger partial charge on any atom is 0.442 e. The third-order valence-electron chi connectivity index (χ3n) is 0.617. The van der Waals surface area contributed by atoms with Crippen LogP contribution in [0.2, 0.25) is 0 Å². The minimum atomic E-state index is -5.73. The molecule has 0 saturated carbocycles. The Labute approximate surface area is 55.6 Å². The number of allylic oxidation sites excluding steroid dienone is 1. The first kappa shape index (κ1) is 10.1. The van der Waals surface area contributed by atoms with Gasteiger partial charge in [0.1, 0.15) is 0 Å². The summed E-state index contributed by atoms with van der Waals surface area (Å²) in [5.74, 6) is 0. The summed E-state index contributed by atoms with van der Waals surface area (Å²) in [6.07, 6.45) is -9.20. The molecule has 0 atom stereocenters. The van der Waals surface area contributed by atoms with Crippen molar-refractivity contribution in [2.45, 2.75) is 6.18 Å². The Hall–Kier alpha value is -0.950. The second-order valence-electron chi connectivity index (χ2n) is 1.34. The maximum absolute atomic E-state index is 11.2. The van der Waals surface area contributed by atoms with E-state index in [0.29, 0.717) is 0 Å². The summed E-state index contributed by atoms with van der Waals surface area (Å²) in [5.41, 5.74) is -3.24. The molecule has 0 fully saturated rings. The molecule has 0 saturated heterocycles. The van der Waals surface area contributed by atoms with E-state index >= 15 is 0 Å². The lowest BCUT2D eigenvalue weighted by Crippen LogP contribution is -2.21. The van der Waals surface area contributed by atoms with Crippen LogP contribution >= 0.6 is 0 Å². The predicted molar refractivity (Wildman–Crippen MR) is 19.4 cm³/mol. The molecule has 1 nitrogen and oxygen atoms in total. The molecule has 0 heterocycles. The number of halogens is 7. The van der Waals surface area contributed by atoms with Gasteiger partial charge >= 0.3 is 12.3 Å². The van der Waals surface area contributed by atoms with Crippen molar-refractivity contribution in [2.24, 2.45) is 0 Å². The Bertz CT molecular complexity index is 163. The molecule has 0 rings (SSSR count). The van der Waals surface area contributed by atoms with Crippen molar-refractivity contribution in [2.75, 3.05) is 0 Å². The van der Waals surface area contributed by atoms with E-state index in [4.69, 9.17) is 0 Å². The highest BCUT2D eigenvalue weighted by Gasteiger charge is 2.43. The second-order valence-corrected chi connectivity index (χ2v) is 1.34. The smallest absolute Gasteiger partial charge is 0.171 e. The standard InChI is InChI=1S/C3F7N/c4-2(5)1(11(9)10)3(6,7)8. The number of hydrogen-bond donors (Lipinski definition) is 0. The molecule has 11 heavy (non-hydrogen) atoms. The fraction of sp³-hybridized carbons (Fsp3) is 0.333. The Kier molecular flexibility index (Phi) is 2.71. The van der Waals surface area contributed by atoms with E-state index in [2.05, 4.69) is 0 Å². The van der Waals surface area contributed by atoms with Gasteiger partial charge in [-0.1, -0.05) is 8.96 Å². The molecule has 66 valence electrons. The zero-order valence-corrected chi connectivity index (χ0v) is 4.59. The Morgan fingerprint density at radius 2 is 1.36 bits per heavy atom. The first-order valence-corrected chi connectivity index (χ1v) is 2.01. The van der Waals surface area contributed by atoms with E-state index in [1.54, 1.807) is 0 Å². The van der Waals surface area contributed by atoms with Gasteiger partial charge in [0.25, 0.3) is 5.70 Å². The van der Waals surface area contributed by atoms with Crippen LogP contribution in [-0.4, -0.2) is 11.5 Å². The van der Waals surface area contributed by atoms with Crippen LogP contribution in [0.5, 0.6) is 0 Å². The van der Waals surface area contributed by atoms with Gasteiger partial charge in [-0.3, -0.25) is 0 Å². The van der Waals surface area contributed by atoms with E-state index in [0.717, 1.165) is 0 Å². The molecule has 0 spiro atoms. The quantitative estimate of drug-likeness (QED) is 0.446. The van der Waals surface area contributed by atoms with Crippen LogP contribution in [0, 0.1) is 0 Å². The molecule has 0 bridgehead atoms. The van der Waals surface area contributed by atoms with E-state index in [1.807, 2.05) is 0 Å². The molecule has 8 heteroatoms. The van der Waals surface area contributed by atoms with E-state index < -0.39 is 23.3 Å². The zero-order chi connectivity index (χ0) is 9.23. The van der Waals surface area contributed by atoms with Gasteiger partial charge in [-0.2, -0.15) is 22.0 Å². The normalized spacial score (nSPS) is 11.2. The summed E-state index contributed by atoms with van der Waals surface area (Å²) in [5, 5.41) is -2.67.